The molecule has 2 aromatic rings. The lowest BCUT2D eigenvalue weighted by Crippen LogP contribution is -2.23. The van der Waals surface area contributed by atoms with Gasteiger partial charge in [0.15, 0.2) is 0 Å². The van der Waals surface area contributed by atoms with E-state index in [-0.39, 0.29) is 6.04 Å². The Labute approximate surface area is 145 Å². The summed E-state index contributed by atoms with van der Waals surface area (Å²) in [6.07, 6.45) is 1.78. The van der Waals surface area contributed by atoms with Crippen molar-refractivity contribution in [3.8, 4) is 0 Å². The van der Waals surface area contributed by atoms with Crippen molar-refractivity contribution in [2.75, 3.05) is 6.54 Å². The molecule has 1 N–H and O–H groups in total. The lowest BCUT2D eigenvalue weighted by atomic mass is 10.0. The molecular weight excluding hydrogens is 427 g/mol. The smallest absolute Gasteiger partial charge is 0.0763 e. The highest BCUT2D eigenvalue weighted by molar-refractivity contribution is 9.11. The molecule has 0 amide bonds. The molecule has 1 atom stereocenters. The van der Waals surface area contributed by atoms with Crippen LogP contribution in [0.5, 0.6) is 0 Å². The van der Waals surface area contributed by atoms with Gasteiger partial charge in [0, 0.05) is 15.1 Å². The maximum Gasteiger partial charge on any atom is 0.0763 e. The summed E-state index contributed by atoms with van der Waals surface area (Å²) in [6, 6.07) is 7.56. The average molecular weight is 439 g/mol. The molecule has 0 aliphatic rings. The number of hydrogen-bond acceptors (Lipinski definition) is 2. The lowest BCUT2D eigenvalue weighted by Gasteiger charge is -2.19. The van der Waals surface area contributed by atoms with Crippen LogP contribution in [0, 0.1) is 0 Å². The molecule has 0 bridgehead atoms. The summed E-state index contributed by atoms with van der Waals surface area (Å²) in [5.74, 6) is 0. The Morgan fingerprint density at radius 1 is 1.20 bits per heavy atom. The highest BCUT2D eigenvalue weighted by Gasteiger charge is 2.18. The van der Waals surface area contributed by atoms with Gasteiger partial charge < -0.3 is 5.32 Å². The summed E-state index contributed by atoms with van der Waals surface area (Å²) < 4.78 is 1.86. The van der Waals surface area contributed by atoms with Gasteiger partial charge in [0.05, 0.1) is 21.8 Å². The van der Waals surface area contributed by atoms with Crippen LogP contribution in [0.15, 0.2) is 39.4 Å². The summed E-state index contributed by atoms with van der Waals surface area (Å²) >= 11 is 19.1. The first-order valence-corrected chi connectivity index (χ1v) is 8.36. The van der Waals surface area contributed by atoms with Gasteiger partial charge in [-0.3, -0.25) is 4.98 Å². The first-order valence-electron chi connectivity index (χ1n) is 6.02. The third-order valence-electron chi connectivity index (χ3n) is 2.79. The number of hydrogen-bond donors (Lipinski definition) is 1. The SMILES string of the molecule is CCNC(c1ccc(Cl)c(Cl)c1)c1ncc(Br)cc1Br. The van der Waals surface area contributed by atoms with Crippen LogP contribution in [0.1, 0.15) is 24.2 Å². The van der Waals surface area contributed by atoms with Crippen LogP contribution in [-0.2, 0) is 0 Å². The molecule has 0 radical (unpaired) electrons. The number of aromatic nitrogens is 1. The van der Waals surface area contributed by atoms with E-state index >= 15 is 0 Å². The van der Waals surface area contributed by atoms with Crippen molar-refractivity contribution < 1.29 is 0 Å². The van der Waals surface area contributed by atoms with Crippen LogP contribution < -0.4 is 5.32 Å². The Bertz CT molecular complexity index is 620. The van der Waals surface area contributed by atoms with Crippen molar-refractivity contribution in [3.63, 3.8) is 0 Å². The molecule has 0 saturated carbocycles. The number of benzene rings is 1. The van der Waals surface area contributed by atoms with Crippen LogP contribution in [0.4, 0.5) is 0 Å². The van der Waals surface area contributed by atoms with Gasteiger partial charge in [0.25, 0.3) is 0 Å². The summed E-state index contributed by atoms with van der Waals surface area (Å²) in [5, 5.41) is 4.50. The van der Waals surface area contributed by atoms with Gasteiger partial charge in [0.2, 0.25) is 0 Å². The monoisotopic (exact) mass is 436 g/mol. The fourth-order valence-corrected chi connectivity index (χ4v) is 3.43. The maximum absolute atomic E-state index is 6.11. The lowest BCUT2D eigenvalue weighted by molar-refractivity contribution is 0.613. The number of nitrogens with one attached hydrogen (secondary N) is 1. The van der Waals surface area contributed by atoms with Gasteiger partial charge in [-0.25, -0.2) is 0 Å². The second-order valence-corrected chi connectivity index (χ2v) is 6.77. The minimum atomic E-state index is -0.0442. The van der Waals surface area contributed by atoms with Gasteiger partial charge in [-0.15, -0.1) is 0 Å². The van der Waals surface area contributed by atoms with Gasteiger partial charge in [-0.1, -0.05) is 36.2 Å². The zero-order valence-electron chi connectivity index (χ0n) is 10.6. The standard InChI is InChI=1S/C14H12Br2Cl2N2/c1-2-19-13(8-3-4-11(17)12(18)5-8)14-10(16)6-9(15)7-20-14/h3-7,13,19H,2H2,1H3. The van der Waals surface area contributed by atoms with Gasteiger partial charge in [-0.2, -0.15) is 0 Å². The second-order valence-electron chi connectivity index (χ2n) is 4.18. The molecule has 2 nitrogen and oxygen atoms in total. The summed E-state index contributed by atoms with van der Waals surface area (Å²) in [6.45, 7) is 2.87. The molecule has 0 aliphatic heterocycles. The molecule has 1 aromatic heterocycles. The van der Waals surface area contributed by atoms with E-state index in [4.69, 9.17) is 23.2 Å². The molecular formula is C14H12Br2Cl2N2. The van der Waals surface area contributed by atoms with Gasteiger partial charge >= 0.3 is 0 Å². The second kappa shape index (κ2) is 7.23. The zero-order valence-corrected chi connectivity index (χ0v) is 15.3. The predicted octanol–water partition coefficient (Wildman–Crippen LogP) is 5.61. The zero-order chi connectivity index (χ0) is 14.7. The molecule has 6 heteroatoms. The number of halogens is 4. The fraction of sp³-hybridized carbons (Fsp3) is 0.214. The molecule has 0 saturated heterocycles. The molecule has 1 aromatic carbocycles. The van der Waals surface area contributed by atoms with Crippen molar-refractivity contribution in [1.29, 1.82) is 0 Å². The summed E-state index contributed by atoms with van der Waals surface area (Å²) in [4.78, 5) is 4.49. The molecule has 1 heterocycles. The maximum atomic E-state index is 6.11. The van der Waals surface area contributed by atoms with Crippen LogP contribution in [-0.4, -0.2) is 11.5 Å². The van der Waals surface area contributed by atoms with E-state index in [2.05, 4.69) is 49.1 Å². The Hall–Kier alpha value is -0.130. The minimum absolute atomic E-state index is 0.0442. The molecule has 106 valence electrons. The van der Waals surface area contributed by atoms with Gasteiger partial charge in [0.1, 0.15) is 0 Å². The Balaban J connectivity index is 2.47. The van der Waals surface area contributed by atoms with Crippen molar-refractivity contribution in [2.24, 2.45) is 0 Å². The third-order valence-corrected chi connectivity index (χ3v) is 4.60. The Morgan fingerprint density at radius 2 is 1.95 bits per heavy atom. The van der Waals surface area contributed by atoms with E-state index in [0.717, 1.165) is 26.7 Å². The number of pyridine rings is 1. The summed E-state index contributed by atoms with van der Waals surface area (Å²) in [5.41, 5.74) is 1.94. The van der Waals surface area contributed by atoms with Crippen molar-refractivity contribution in [1.82, 2.24) is 10.3 Å². The van der Waals surface area contributed by atoms with Gasteiger partial charge in [-0.05, 0) is 62.2 Å². The quantitative estimate of drug-likeness (QED) is 0.670. The molecule has 2 rings (SSSR count). The van der Waals surface area contributed by atoms with Crippen LogP contribution in [0.2, 0.25) is 10.0 Å². The fourth-order valence-electron chi connectivity index (χ4n) is 1.91. The highest BCUT2D eigenvalue weighted by Crippen LogP contribution is 2.32. The summed E-state index contributed by atoms with van der Waals surface area (Å²) in [7, 11) is 0. The van der Waals surface area contributed by atoms with E-state index in [1.807, 2.05) is 18.2 Å². The third kappa shape index (κ3) is 3.74. The van der Waals surface area contributed by atoms with E-state index in [1.54, 1.807) is 12.3 Å². The number of nitrogens with zero attached hydrogens (tertiary/aromatic N) is 1. The van der Waals surface area contributed by atoms with Crippen molar-refractivity contribution in [3.05, 3.63) is 60.7 Å². The largest absolute Gasteiger partial charge is 0.305 e. The van der Waals surface area contributed by atoms with Crippen molar-refractivity contribution in [2.45, 2.75) is 13.0 Å². The topological polar surface area (TPSA) is 24.9 Å². The first kappa shape index (κ1) is 16.2. The number of rotatable bonds is 4. The highest BCUT2D eigenvalue weighted by atomic mass is 79.9. The van der Waals surface area contributed by atoms with Crippen LogP contribution in [0.3, 0.4) is 0 Å². The van der Waals surface area contributed by atoms with Crippen LogP contribution in [0.25, 0.3) is 0 Å². The molecule has 0 spiro atoms. The van der Waals surface area contributed by atoms with E-state index in [9.17, 15) is 0 Å². The Kier molecular flexibility index (Phi) is 5.87. The molecule has 0 aliphatic carbocycles. The van der Waals surface area contributed by atoms with Crippen LogP contribution >= 0.6 is 55.1 Å². The molecule has 20 heavy (non-hydrogen) atoms. The van der Waals surface area contributed by atoms with E-state index < -0.39 is 0 Å². The minimum Gasteiger partial charge on any atom is -0.305 e. The molecule has 0 fully saturated rings. The van der Waals surface area contributed by atoms with Crippen molar-refractivity contribution >= 4 is 55.1 Å². The average Bonchev–Trinajstić information content (AvgIpc) is 2.40. The Morgan fingerprint density at radius 3 is 2.55 bits per heavy atom. The normalized spacial score (nSPS) is 12.4. The predicted molar refractivity (Wildman–Crippen MR) is 91.6 cm³/mol. The first-order chi connectivity index (χ1) is 9.52. The molecule has 1 unspecified atom stereocenters. The van der Waals surface area contributed by atoms with E-state index in [1.165, 1.54) is 0 Å². The van der Waals surface area contributed by atoms with E-state index in [0.29, 0.717) is 10.0 Å².